The van der Waals surface area contributed by atoms with Crippen LogP contribution < -0.4 is 31.4 Å². The van der Waals surface area contributed by atoms with Crippen LogP contribution in [0.25, 0.3) is 38.9 Å². The first-order chi connectivity index (χ1) is 44.6. The summed E-state index contributed by atoms with van der Waals surface area (Å²) in [6, 6.07) is 27.9. The molecule has 5 heterocycles. The first kappa shape index (κ1) is 68.7. The molecule has 19 nitrogen and oxygen atoms in total. The molecule has 0 radical (unpaired) electrons. The van der Waals surface area contributed by atoms with Crippen LogP contribution in [0.5, 0.6) is 17.2 Å². The number of hydrogen-bond acceptors (Lipinski definition) is 17. The van der Waals surface area contributed by atoms with Crippen molar-refractivity contribution in [1.29, 1.82) is 0 Å². The molecule has 5 aliphatic heterocycles. The largest absolute Gasteiger partial charge is 0.507 e. The number of allylic oxidation sites excluding steroid dienone is 2. The maximum Gasteiger partial charge on any atom is 0.312 e. The maximum atomic E-state index is 14.7. The van der Waals surface area contributed by atoms with Crippen molar-refractivity contribution in [3.05, 3.63) is 158 Å². The van der Waals surface area contributed by atoms with E-state index < -0.39 is 82.9 Å². The summed E-state index contributed by atoms with van der Waals surface area (Å²) < 4.78 is 26.2. The van der Waals surface area contributed by atoms with E-state index in [4.69, 9.17) is 62.1 Å². The average Bonchev–Trinajstić information content (AvgIpc) is 1.51. The minimum absolute atomic E-state index is 0.0364. The zero-order valence-corrected chi connectivity index (χ0v) is 56.9. The van der Waals surface area contributed by atoms with Gasteiger partial charge in [-0.1, -0.05) is 95.1 Å². The van der Waals surface area contributed by atoms with Gasteiger partial charge in [-0.3, -0.25) is 29.4 Å². The molecule has 5 aromatic carbocycles. The number of Topliss-reactive ketones (excluding diaryl/α,β-unsaturated/α-hetero) is 1. The quantitative estimate of drug-likeness (QED) is 0.0470. The van der Waals surface area contributed by atoms with Crippen LogP contribution in [0.3, 0.4) is 0 Å². The van der Waals surface area contributed by atoms with Crippen LogP contribution >= 0.6 is 23.2 Å². The molecule has 9 atom stereocenters. The number of ketones is 1. The van der Waals surface area contributed by atoms with Crippen LogP contribution in [-0.4, -0.2) is 121 Å². The number of phenols is 2. The molecule has 21 heteroatoms. The third-order valence-corrected chi connectivity index (χ3v) is 18.7. The fraction of sp³-hybridized carbons (Fsp3) is 0.411. The summed E-state index contributed by atoms with van der Waals surface area (Å²) in [4.78, 5) is 63.5. The highest BCUT2D eigenvalue weighted by atomic mass is 35.5. The number of nitrogens with zero attached hydrogens (tertiary/aromatic N) is 6. The van der Waals surface area contributed by atoms with Crippen LogP contribution in [0.4, 0.5) is 17.1 Å². The van der Waals surface area contributed by atoms with Gasteiger partial charge in [-0.2, -0.15) is 0 Å². The Hall–Kier alpha value is -8.17. The number of aromatic nitrogens is 2. The van der Waals surface area contributed by atoms with Gasteiger partial charge in [-0.05, 0) is 112 Å². The van der Waals surface area contributed by atoms with Gasteiger partial charge in [0.2, 0.25) is 0 Å². The Morgan fingerprint density at radius 3 is 2.16 bits per heavy atom. The number of esters is 1. The number of halogens is 2. The summed E-state index contributed by atoms with van der Waals surface area (Å²) in [7, 11) is 1.47. The van der Waals surface area contributed by atoms with Crippen LogP contribution in [0.15, 0.2) is 136 Å². The summed E-state index contributed by atoms with van der Waals surface area (Å²) >= 11 is 12.2. The predicted octanol–water partition coefficient (Wildman–Crippen LogP) is 12.2. The van der Waals surface area contributed by atoms with E-state index in [2.05, 4.69) is 66.0 Å². The van der Waals surface area contributed by atoms with E-state index in [1.165, 1.54) is 27.2 Å². The van der Waals surface area contributed by atoms with E-state index in [9.17, 15) is 34.8 Å². The number of aliphatic hydroxyl groups excluding tert-OH is 2. The number of nitrogens with one attached hydrogen (secondary N) is 2. The molecule has 94 heavy (non-hydrogen) atoms. The van der Waals surface area contributed by atoms with Gasteiger partial charge in [-0.25, -0.2) is 4.98 Å². The van der Waals surface area contributed by atoms with Gasteiger partial charge < -0.3 is 59.5 Å². The number of piperidine rings is 1. The van der Waals surface area contributed by atoms with Gasteiger partial charge >= 0.3 is 11.8 Å². The number of rotatable bonds is 8. The van der Waals surface area contributed by atoms with Crippen molar-refractivity contribution >= 4 is 79.7 Å². The smallest absolute Gasteiger partial charge is 0.312 e. The molecule has 0 aromatic heterocycles. The monoisotopic (exact) mass is 1320 g/mol. The SMILES string of the molecule is CC(C)N=c1cc2n(-c3ccc(Cl)cc3)c3ccccc3nc-2cc1Nc1ccc(Cl)cc1.CO[C@H]1/C=C\O[C@@]2(C)Oc3c(C)c(O)c4c(O)c(c5c(c4c3C2=O)=NC2(CCN(CC(C)C)CC2)N=5)NC(=O)/C(C)=C/C=C\[C@H](C)[C@H](O)[C@@H](C)[C@@H](O)[C@H](C)[C@@H](OC(C)=O)[C@@H]1C. The van der Waals surface area contributed by atoms with Crippen molar-refractivity contribution < 1.29 is 53.8 Å². The second kappa shape index (κ2) is 28.0. The number of fused-ring (bicyclic) bond motifs is 3. The van der Waals surface area contributed by atoms with Gasteiger partial charge in [0.15, 0.2) is 11.4 Å². The van der Waals surface area contributed by atoms with Crippen molar-refractivity contribution in [2.75, 3.05) is 37.4 Å². The number of aliphatic hydroxyl groups is 2. The van der Waals surface area contributed by atoms with E-state index >= 15 is 0 Å². The Balaban J connectivity index is 0.000000244. The average molecular weight is 1320 g/mol. The third kappa shape index (κ3) is 14.0. The number of likely N-dealkylation sites (tertiary alicyclic amines) is 1. The highest BCUT2D eigenvalue weighted by Gasteiger charge is 2.50. The zero-order valence-electron chi connectivity index (χ0n) is 55.4. The van der Waals surface area contributed by atoms with Gasteiger partial charge in [0, 0.05) is 121 Å². The Morgan fingerprint density at radius 2 is 1.51 bits per heavy atom. The van der Waals surface area contributed by atoms with Crippen LogP contribution in [0.1, 0.15) is 105 Å². The fourth-order valence-electron chi connectivity index (χ4n) is 13.1. The number of hydrogen-bond donors (Lipinski definition) is 6. The van der Waals surface area contributed by atoms with Gasteiger partial charge in [0.05, 0.1) is 74.3 Å². The molecule has 0 saturated carbocycles. The lowest BCUT2D eigenvalue weighted by atomic mass is 9.78. The van der Waals surface area contributed by atoms with E-state index in [1.54, 1.807) is 65.8 Å². The molecule has 0 unspecified atom stereocenters. The van der Waals surface area contributed by atoms with E-state index in [0.29, 0.717) is 41.9 Å². The number of carbonyl (C=O) groups excluding carboxylic acids is 3. The molecule has 1 fully saturated rings. The molecule has 6 aliphatic rings. The van der Waals surface area contributed by atoms with Crippen LogP contribution in [-0.2, 0) is 23.8 Å². The highest BCUT2D eigenvalue weighted by molar-refractivity contribution is 6.31. The van der Waals surface area contributed by atoms with Crippen molar-refractivity contribution in [2.45, 2.75) is 138 Å². The van der Waals surface area contributed by atoms with Crippen molar-refractivity contribution in [3.63, 3.8) is 0 Å². The topological polar surface area (TPSA) is 251 Å². The third-order valence-electron chi connectivity index (χ3n) is 18.2. The molecule has 1 amide bonds. The van der Waals surface area contributed by atoms with E-state index in [1.807, 2.05) is 66.7 Å². The number of carbonyl (C=O) groups is 3. The molecule has 5 aromatic rings. The number of ether oxygens (including phenoxy) is 4. The van der Waals surface area contributed by atoms with Crippen molar-refractivity contribution in [3.8, 4) is 34.3 Å². The summed E-state index contributed by atoms with van der Waals surface area (Å²) in [6.07, 6.45) is 5.04. The van der Waals surface area contributed by atoms with Gasteiger partial charge in [0.1, 0.15) is 28.6 Å². The van der Waals surface area contributed by atoms with Crippen molar-refractivity contribution in [2.24, 2.45) is 44.6 Å². The second-order valence-electron chi connectivity index (χ2n) is 26.1. The molecule has 6 N–H and O–H groups in total. The summed E-state index contributed by atoms with van der Waals surface area (Å²) in [5, 5.41) is 55.9. The number of aromatic hydroxyl groups is 2. The number of amides is 1. The van der Waals surface area contributed by atoms with E-state index in [-0.39, 0.29) is 61.4 Å². The molecule has 1 spiro atoms. The molecule has 496 valence electrons. The summed E-state index contributed by atoms with van der Waals surface area (Å²) in [5.41, 5.74) is 6.02. The molecule has 4 bridgehead atoms. The Labute approximate surface area is 557 Å². The zero-order chi connectivity index (χ0) is 67.8. The lowest BCUT2D eigenvalue weighted by Crippen LogP contribution is -2.46. The normalized spacial score (nSPS) is 25.4. The lowest BCUT2D eigenvalue weighted by molar-refractivity contribution is -0.160. The number of anilines is 3. The van der Waals surface area contributed by atoms with Crippen LogP contribution in [0, 0.1) is 36.5 Å². The van der Waals surface area contributed by atoms with Crippen LogP contribution in [0.2, 0.25) is 10.0 Å². The molecule has 1 aliphatic carbocycles. The van der Waals surface area contributed by atoms with Gasteiger partial charge in [0.25, 0.3) is 11.7 Å². The number of para-hydroxylation sites is 2. The van der Waals surface area contributed by atoms with Crippen molar-refractivity contribution in [1.82, 2.24) is 14.5 Å². The number of methoxy groups -OCH3 is 1. The lowest BCUT2D eigenvalue weighted by Gasteiger charge is -2.38. The first-order valence-electron chi connectivity index (χ1n) is 32.0. The first-order valence-corrected chi connectivity index (χ1v) is 32.7. The molecular formula is C73H84Cl2N8O11. The Kier molecular flexibility index (Phi) is 20.5. The van der Waals surface area contributed by atoms with Gasteiger partial charge in [-0.15, -0.1) is 0 Å². The standard InChI is InChI=1S/C46H62N4O11.C27H22Cl2N4/c1-22(2)21-50-18-16-46(17-19-50)48-34-31-32-39(54)28(8)42-33(31)43(56)45(10,61-42)59-20-15-30(58-11)25(5)41(60-29(9)51)27(7)38(53)26(6)37(52)23(3)13-12-14-24(4)44(57)47-36(40(32)55)35(34)49-46;1-17(2)30-24-16-27-25(15-23(24)31-20-11-7-18(28)8-12-20)32-22-5-3-4-6-26(22)33(27)21-13-9-19(29)10-14-21/h12-15,20,22-23,25-27,30,37-38,41,52-55H,16-19,21H2,1-11H3,(H,47,57);3-17,31H,1-2H3/b13-12-,20-15-,24-14+;/t23-,25+,26+,27-,30-,37-,38+,41-,45-;/m0./s1. The predicted molar refractivity (Wildman–Crippen MR) is 366 cm³/mol. The molecule has 11 rings (SSSR count). The highest BCUT2D eigenvalue weighted by Crippen LogP contribution is 2.50. The van der Waals surface area contributed by atoms with E-state index in [0.717, 1.165) is 51.4 Å². The summed E-state index contributed by atoms with van der Waals surface area (Å²) in [5.74, 6) is -6.44. The Bertz CT molecular complexity index is 4310. The Morgan fingerprint density at radius 1 is 0.851 bits per heavy atom. The molecular weight excluding hydrogens is 1240 g/mol. The second-order valence-corrected chi connectivity index (χ2v) is 27.0. The fourth-order valence-corrected chi connectivity index (χ4v) is 13.3. The number of benzene rings is 6. The summed E-state index contributed by atoms with van der Waals surface area (Å²) in [6.45, 7) is 23.7. The molecule has 1 saturated heterocycles. The minimum atomic E-state index is -1.96. The maximum absolute atomic E-state index is 14.7. The minimum Gasteiger partial charge on any atom is -0.507 e. The number of phenolic OH excluding ortho intramolecular Hbond substituents is 2.